The molecule has 0 rings (SSSR count). The zero-order chi connectivity index (χ0) is 12.8. The van der Waals surface area contributed by atoms with Crippen molar-refractivity contribution >= 4 is 0 Å². The molecule has 17 heavy (non-hydrogen) atoms. The van der Waals surface area contributed by atoms with Crippen LogP contribution in [0.2, 0.25) is 0 Å². The zero-order valence-electron chi connectivity index (χ0n) is 12.1. The maximum atomic E-state index is 3.75. The van der Waals surface area contributed by atoms with Gasteiger partial charge in [-0.3, -0.25) is 0 Å². The average molecular weight is 239 g/mol. The Balaban J connectivity index is 3.10. The Bertz CT molecular complexity index is 154. The molecule has 0 aromatic rings. The van der Waals surface area contributed by atoms with Crippen LogP contribution in [0, 0.1) is 0 Å². The van der Waals surface area contributed by atoms with Gasteiger partial charge in [-0.25, -0.2) is 0 Å². The summed E-state index contributed by atoms with van der Waals surface area (Å²) in [6.07, 6.45) is 15.5. The highest BCUT2D eigenvalue weighted by Crippen LogP contribution is 2.09. The van der Waals surface area contributed by atoms with Crippen LogP contribution in [-0.2, 0) is 0 Å². The van der Waals surface area contributed by atoms with Crippen LogP contribution in [0.5, 0.6) is 0 Å². The Kier molecular flexibility index (Phi) is 13.5. The number of allylic oxidation sites excluding steroid dienone is 1. The summed E-state index contributed by atoms with van der Waals surface area (Å²) in [6, 6.07) is 0.708. The lowest BCUT2D eigenvalue weighted by Gasteiger charge is -2.13. The molecule has 0 radical (unpaired) electrons. The summed E-state index contributed by atoms with van der Waals surface area (Å²) >= 11 is 0. The Morgan fingerprint density at radius 3 is 2.41 bits per heavy atom. The second kappa shape index (κ2) is 13.8. The summed E-state index contributed by atoms with van der Waals surface area (Å²) in [5.74, 6) is 0. The lowest BCUT2D eigenvalue weighted by molar-refractivity contribution is 0.470. The molecule has 0 aromatic carbocycles. The first-order valence-corrected chi connectivity index (χ1v) is 7.65. The molecule has 0 saturated heterocycles. The van der Waals surface area contributed by atoms with Crippen LogP contribution >= 0.6 is 0 Å². The van der Waals surface area contributed by atoms with Gasteiger partial charge in [0.1, 0.15) is 0 Å². The molecule has 0 saturated carbocycles. The van der Waals surface area contributed by atoms with E-state index in [9.17, 15) is 0 Å². The SMILES string of the molecule is C=CCCCCCCCC(C)NCCCCC. The van der Waals surface area contributed by atoms with E-state index in [-0.39, 0.29) is 0 Å². The van der Waals surface area contributed by atoms with E-state index in [1.165, 1.54) is 70.8 Å². The molecule has 0 fully saturated rings. The topological polar surface area (TPSA) is 12.0 Å². The first kappa shape index (κ1) is 16.7. The molecule has 1 nitrogen and oxygen atoms in total. The summed E-state index contributed by atoms with van der Waals surface area (Å²) in [4.78, 5) is 0. The van der Waals surface area contributed by atoms with E-state index in [4.69, 9.17) is 0 Å². The van der Waals surface area contributed by atoms with Gasteiger partial charge in [0, 0.05) is 6.04 Å². The third kappa shape index (κ3) is 13.6. The molecule has 0 bridgehead atoms. The second-order valence-corrected chi connectivity index (χ2v) is 5.20. The zero-order valence-corrected chi connectivity index (χ0v) is 12.1. The quantitative estimate of drug-likeness (QED) is 0.349. The van der Waals surface area contributed by atoms with Gasteiger partial charge in [-0.05, 0) is 39.2 Å². The average Bonchev–Trinajstić information content (AvgIpc) is 2.33. The van der Waals surface area contributed by atoms with E-state index in [0.717, 1.165) is 0 Å². The van der Waals surface area contributed by atoms with Crippen molar-refractivity contribution in [3.8, 4) is 0 Å². The monoisotopic (exact) mass is 239 g/mol. The van der Waals surface area contributed by atoms with Crippen molar-refractivity contribution in [3.63, 3.8) is 0 Å². The van der Waals surface area contributed by atoms with E-state index >= 15 is 0 Å². The molecule has 0 aliphatic carbocycles. The third-order valence-electron chi connectivity index (χ3n) is 3.32. The van der Waals surface area contributed by atoms with Gasteiger partial charge in [-0.15, -0.1) is 6.58 Å². The molecule has 0 spiro atoms. The summed E-state index contributed by atoms with van der Waals surface area (Å²) in [5.41, 5.74) is 0. The normalized spacial score (nSPS) is 12.6. The Labute approximate surface area is 109 Å². The van der Waals surface area contributed by atoms with E-state index in [1.807, 2.05) is 6.08 Å². The van der Waals surface area contributed by atoms with Crippen molar-refractivity contribution in [1.29, 1.82) is 0 Å². The highest BCUT2D eigenvalue weighted by Gasteiger charge is 2.00. The van der Waals surface area contributed by atoms with E-state index < -0.39 is 0 Å². The van der Waals surface area contributed by atoms with Gasteiger partial charge in [0.05, 0.1) is 0 Å². The van der Waals surface area contributed by atoms with Crippen molar-refractivity contribution in [2.45, 2.75) is 84.1 Å². The van der Waals surface area contributed by atoms with Gasteiger partial charge in [0.15, 0.2) is 0 Å². The van der Waals surface area contributed by atoms with Crippen molar-refractivity contribution in [1.82, 2.24) is 5.32 Å². The van der Waals surface area contributed by atoms with Crippen LogP contribution in [0.1, 0.15) is 78.1 Å². The van der Waals surface area contributed by atoms with Crippen molar-refractivity contribution in [3.05, 3.63) is 12.7 Å². The van der Waals surface area contributed by atoms with Crippen molar-refractivity contribution < 1.29 is 0 Å². The molecule has 1 unspecified atom stereocenters. The Morgan fingerprint density at radius 2 is 1.71 bits per heavy atom. The summed E-state index contributed by atoms with van der Waals surface area (Å²) < 4.78 is 0. The first-order chi connectivity index (χ1) is 8.31. The number of unbranched alkanes of at least 4 members (excludes halogenated alkanes) is 7. The molecule has 1 heteroatoms. The molecule has 0 aromatic heterocycles. The summed E-state index contributed by atoms with van der Waals surface area (Å²) in [7, 11) is 0. The summed E-state index contributed by atoms with van der Waals surface area (Å²) in [6.45, 7) is 9.54. The number of nitrogens with one attached hydrogen (secondary N) is 1. The fourth-order valence-electron chi connectivity index (χ4n) is 2.10. The molecule has 0 aliphatic rings. The molecule has 0 heterocycles. The largest absolute Gasteiger partial charge is 0.314 e. The standard InChI is InChI=1S/C16H33N/c1-4-6-8-9-10-11-12-14-16(3)17-15-13-7-5-2/h4,16-17H,1,5-15H2,2-3H3. The molecular weight excluding hydrogens is 206 g/mol. The van der Waals surface area contributed by atoms with Gasteiger partial charge in [-0.1, -0.05) is 51.5 Å². The van der Waals surface area contributed by atoms with Crippen LogP contribution in [0.15, 0.2) is 12.7 Å². The third-order valence-corrected chi connectivity index (χ3v) is 3.32. The van der Waals surface area contributed by atoms with Crippen LogP contribution in [0.3, 0.4) is 0 Å². The molecule has 0 aliphatic heterocycles. The van der Waals surface area contributed by atoms with Gasteiger partial charge in [0.2, 0.25) is 0 Å². The van der Waals surface area contributed by atoms with Crippen LogP contribution < -0.4 is 5.32 Å². The predicted molar refractivity (Wildman–Crippen MR) is 79.5 cm³/mol. The second-order valence-electron chi connectivity index (χ2n) is 5.20. The fourth-order valence-corrected chi connectivity index (χ4v) is 2.10. The van der Waals surface area contributed by atoms with Gasteiger partial charge in [0.25, 0.3) is 0 Å². The highest BCUT2D eigenvalue weighted by atomic mass is 14.9. The van der Waals surface area contributed by atoms with Crippen molar-refractivity contribution in [2.24, 2.45) is 0 Å². The van der Waals surface area contributed by atoms with Gasteiger partial charge in [-0.2, -0.15) is 0 Å². The predicted octanol–water partition coefficient (Wildman–Crippen LogP) is 5.07. The first-order valence-electron chi connectivity index (χ1n) is 7.65. The number of hydrogen-bond donors (Lipinski definition) is 1. The smallest absolute Gasteiger partial charge is 0.00387 e. The van der Waals surface area contributed by atoms with Gasteiger partial charge >= 0.3 is 0 Å². The number of hydrogen-bond acceptors (Lipinski definition) is 1. The van der Waals surface area contributed by atoms with E-state index in [0.29, 0.717) is 6.04 Å². The lowest BCUT2D eigenvalue weighted by Crippen LogP contribution is -2.26. The molecule has 0 amide bonds. The lowest BCUT2D eigenvalue weighted by atomic mass is 10.1. The minimum Gasteiger partial charge on any atom is -0.314 e. The Morgan fingerprint density at radius 1 is 1.00 bits per heavy atom. The fraction of sp³-hybridized carbons (Fsp3) is 0.875. The van der Waals surface area contributed by atoms with Gasteiger partial charge < -0.3 is 5.32 Å². The van der Waals surface area contributed by atoms with Crippen LogP contribution in [-0.4, -0.2) is 12.6 Å². The minimum absolute atomic E-state index is 0.708. The minimum atomic E-state index is 0.708. The molecule has 1 N–H and O–H groups in total. The molecule has 102 valence electrons. The number of rotatable bonds is 13. The van der Waals surface area contributed by atoms with Crippen molar-refractivity contribution in [2.75, 3.05) is 6.54 Å². The highest BCUT2D eigenvalue weighted by molar-refractivity contribution is 4.65. The summed E-state index contributed by atoms with van der Waals surface area (Å²) in [5, 5.41) is 3.62. The maximum Gasteiger partial charge on any atom is 0.00387 e. The van der Waals surface area contributed by atoms with E-state index in [2.05, 4.69) is 25.7 Å². The maximum absolute atomic E-state index is 3.75. The van der Waals surface area contributed by atoms with E-state index in [1.54, 1.807) is 0 Å². The molecular formula is C16H33N. The molecule has 1 atom stereocenters. The van der Waals surface area contributed by atoms with Crippen LogP contribution in [0.4, 0.5) is 0 Å². The van der Waals surface area contributed by atoms with Crippen LogP contribution in [0.25, 0.3) is 0 Å². The Hall–Kier alpha value is -0.300.